The summed E-state index contributed by atoms with van der Waals surface area (Å²) in [5.74, 6) is 0. The average molecular weight is 442 g/mol. The van der Waals surface area contributed by atoms with Gasteiger partial charge in [0.05, 0.1) is 23.8 Å². The van der Waals surface area contributed by atoms with E-state index in [-0.39, 0.29) is 5.41 Å². The van der Waals surface area contributed by atoms with E-state index >= 15 is 0 Å². The Labute approximate surface area is 200 Å². The molecule has 2 heterocycles. The first kappa shape index (κ1) is 20.6. The first-order valence-electron chi connectivity index (χ1n) is 11.8. The second kappa shape index (κ2) is 7.53. The van der Waals surface area contributed by atoms with Gasteiger partial charge in [0.25, 0.3) is 0 Å². The summed E-state index contributed by atoms with van der Waals surface area (Å²) in [5, 5.41) is 10.4. The smallest absolute Gasteiger partial charge is 0.0580 e. The number of para-hydroxylation sites is 2. The lowest BCUT2D eigenvalue weighted by Crippen LogP contribution is -2.30. The highest BCUT2D eigenvalue weighted by atomic mass is 15.2. The molecular formula is C31H27N3. The van der Waals surface area contributed by atoms with E-state index in [1.807, 2.05) is 12.4 Å². The summed E-state index contributed by atoms with van der Waals surface area (Å²) in [5.41, 5.74) is 11.3. The molecular weight excluding hydrogens is 414 g/mol. The van der Waals surface area contributed by atoms with Crippen LogP contribution in [0.4, 0.5) is 17.1 Å². The van der Waals surface area contributed by atoms with Gasteiger partial charge in [0.2, 0.25) is 0 Å². The second-order valence-corrected chi connectivity index (χ2v) is 9.75. The van der Waals surface area contributed by atoms with Crippen LogP contribution >= 0.6 is 0 Å². The second-order valence-electron chi connectivity index (χ2n) is 9.75. The van der Waals surface area contributed by atoms with Gasteiger partial charge in [0.15, 0.2) is 0 Å². The van der Waals surface area contributed by atoms with Gasteiger partial charge in [0.1, 0.15) is 0 Å². The summed E-state index contributed by atoms with van der Waals surface area (Å²) in [7, 11) is 0. The molecule has 0 fully saturated rings. The normalized spacial score (nSPS) is 14.1. The quantitative estimate of drug-likeness (QED) is 0.278. The molecule has 1 aromatic heterocycles. The first-order chi connectivity index (χ1) is 16.5. The van der Waals surface area contributed by atoms with E-state index in [9.17, 15) is 0 Å². The Bertz CT molecular complexity index is 1510. The molecule has 34 heavy (non-hydrogen) atoms. The van der Waals surface area contributed by atoms with E-state index in [1.165, 1.54) is 50.4 Å². The molecule has 0 unspecified atom stereocenters. The molecule has 0 atom stereocenters. The molecule has 0 saturated heterocycles. The minimum Gasteiger partial charge on any atom is -0.310 e. The van der Waals surface area contributed by atoms with E-state index in [4.69, 9.17) is 0 Å². The van der Waals surface area contributed by atoms with Gasteiger partial charge in [-0.05, 0) is 71.5 Å². The summed E-state index contributed by atoms with van der Waals surface area (Å²) in [4.78, 5) is 2.44. The zero-order valence-electron chi connectivity index (χ0n) is 20.0. The number of aryl methyl sites for hydroxylation is 2. The topological polar surface area (TPSA) is 29.0 Å². The molecule has 0 saturated carbocycles. The maximum atomic E-state index is 4.15. The summed E-state index contributed by atoms with van der Waals surface area (Å²) in [6.45, 7) is 9.07. The van der Waals surface area contributed by atoms with E-state index in [2.05, 4.69) is 122 Å². The lowest BCUT2D eigenvalue weighted by molar-refractivity contribution is 0.632. The molecule has 4 aromatic carbocycles. The third-order valence-corrected chi connectivity index (χ3v) is 7.30. The molecule has 1 aliphatic rings. The lowest BCUT2D eigenvalue weighted by Gasteiger charge is -2.42. The maximum absolute atomic E-state index is 4.15. The maximum Gasteiger partial charge on any atom is 0.0580 e. The van der Waals surface area contributed by atoms with Gasteiger partial charge < -0.3 is 4.90 Å². The van der Waals surface area contributed by atoms with Crippen LogP contribution in [0, 0.1) is 13.8 Å². The van der Waals surface area contributed by atoms with Crippen molar-refractivity contribution in [3.8, 4) is 11.1 Å². The van der Waals surface area contributed by atoms with Gasteiger partial charge >= 0.3 is 0 Å². The molecule has 0 spiro atoms. The first-order valence-corrected chi connectivity index (χ1v) is 11.8. The zero-order valence-corrected chi connectivity index (χ0v) is 20.0. The fourth-order valence-electron chi connectivity index (χ4n) is 5.52. The van der Waals surface area contributed by atoms with Crippen LogP contribution < -0.4 is 4.90 Å². The predicted molar refractivity (Wildman–Crippen MR) is 141 cm³/mol. The number of fused-ring (bicyclic) bond motifs is 3. The Morgan fingerprint density at radius 2 is 1.26 bits per heavy atom. The third kappa shape index (κ3) is 2.97. The van der Waals surface area contributed by atoms with Gasteiger partial charge in [-0.1, -0.05) is 68.4 Å². The van der Waals surface area contributed by atoms with E-state index < -0.39 is 0 Å². The van der Waals surface area contributed by atoms with Gasteiger partial charge in [-0.25, -0.2) is 0 Å². The highest BCUT2D eigenvalue weighted by molar-refractivity contribution is 5.97. The van der Waals surface area contributed by atoms with Crippen molar-refractivity contribution in [2.45, 2.75) is 33.1 Å². The molecule has 3 nitrogen and oxygen atoms in total. The molecule has 0 N–H and O–H groups in total. The number of nitrogens with zero attached hydrogens (tertiary/aromatic N) is 3. The number of anilines is 3. The fourth-order valence-corrected chi connectivity index (χ4v) is 5.52. The Kier molecular flexibility index (Phi) is 4.56. The van der Waals surface area contributed by atoms with Crippen molar-refractivity contribution in [3.05, 3.63) is 114 Å². The molecule has 6 rings (SSSR count). The van der Waals surface area contributed by atoms with E-state index in [0.717, 1.165) is 10.8 Å². The van der Waals surface area contributed by atoms with E-state index in [1.54, 1.807) is 0 Å². The number of hydrogen-bond donors (Lipinski definition) is 0. The monoisotopic (exact) mass is 441 g/mol. The van der Waals surface area contributed by atoms with Crippen LogP contribution in [-0.4, -0.2) is 10.2 Å². The largest absolute Gasteiger partial charge is 0.310 e. The van der Waals surface area contributed by atoms with Crippen molar-refractivity contribution in [2.24, 2.45) is 0 Å². The highest BCUT2D eigenvalue weighted by Gasteiger charge is 2.36. The van der Waals surface area contributed by atoms with Crippen molar-refractivity contribution in [1.29, 1.82) is 0 Å². The molecule has 1 aliphatic heterocycles. The summed E-state index contributed by atoms with van der Waals surface area (Å²) >= 11 is 0. The van der Waals surface area contributed by atoms with Gasteiger partial charge in [0, 0.05) is 21.9 Å². The Morgan fingerprint density at radius 1 is 0.618 bits per heavy atom. The van der Waals surface area contributed by atoms with Crippen LogP contribution in [0.1, 0.15) is 36.1 Å². The van der Waals surface area contributed by atoms with Crippen LogP contribution in [0.2, 0.25) is 0 Å². The number of hydrogen-bond acceptors (Lipinski definition) is 3. The molecule has 5 aromatic rings. The summed E-state index contributed by atoms with van der Waals surface area (Å²) < 4.78 is 0. The zero-order chi connectivity index (χ0) is 23.4. The average Bonchev–Trinajstić information content (AvgIpc) is 2.86. The van der Waals surface area contributed by atoms with Crippen molar-refractivity contribution in [1.82, 2.24) is 10.2 Å². The Hall–Kier alpha value is -3.98. The van der Waals surface area contributed by atoms with Crippen LogP contribution in [-0.2, 0) is 5.41 Å². The summed E-state index contributed by atoms with van der Waals surface area (Å²) in [6.07, 6.45) is 3.70. The van der Waals surface area contributed by atoms with Crippen LogP contribution in [0.5, 0.6) is 0 Å². The summed E-state index contributed by atoms with van der Waals surface area (Å²) in [6, 6.07) is 28.7. The van der Waals surface area contributed by atoms with Crippen molar-refractivity contribution in [3.63, 3.8) is 0 Å². The Balaban J connectivity index is 1.58. The lowest BCUT2D eigenvalue weighted by atomic mass is 9.73. The minimum absolute atomic E-state index is 0.0590. The molecule has 0 radical (unpaired) electrons. The SMILES string of the molecule is Cc1cc(N2c3ccccc3C(C)(C)c3ccccc32)c(C)cc1-c1cccc2cnncc12. The van der Waals surface area contributed by atoms with Gasteiger partial charge in [-0.2, -0.15) is 10.2 Å². The third-order valence-electron chi connectivity index (χ3n) is 7.30. The highest BCUT2D eigenvalue weighted by Crippen LogP contribution is 2.52. The number of benzene rings is 4. The molecule has 166 valence electrons. The number of aromatic nitrogens is 2. The fraction of sp³-hybridized carbons (Fsp3) is 0.161. The molecule has 3 heteroatoms. The molecule has 0 amide bonds. The van der Waals surface area contributed by atoms with Crippen LogP contribution in [0.15, 0.2) is 91.3 Å². The molecule has 0 aliphatic carbocycles. The van der Waals surface area contributed by atoms with E-state index in [0.29, 0.717) is 0 Å². The Morgan fingerprint density at radius 3 is 1.97 bits per heavy atom. The minimum atomic E-state index is -0.0590. The van der Waals surface area contributed by atoms with Gasteiger partial charge in [-0.3, -0.25) is 0 Å². The van der Waals surface area contributed by atoms with Gasteiger partial charge in [-0.15, -0.1) is 0 Å². The molecule has 0 bridgehead atoms. The number of rotatable bonds is 2. The van der Waals surface area contributed by atoms with Crippen molar-refractivity contribution in [2.75, 3.05) is 4.90 Å². The van der Waals surface area contributed by atoms with Crippen molar-refractivity contribution >= 4 is 27.8 Å². The van der Waals surface area contributed by atoms with Crippen LogP contribution in [0.25, 0.3) is 21.9 Å². The standard InChI is InChI=1S/C31H27N3/c1-20-17-30(21(2)16-24(20)23-11-9-10-22-18-32-33-19-25(22)23)34-28-14-7-5-12-26(28)31(3,4)27-13-6-8-15-29(27)34/h5-19H,1-4H3. The van der Waals surface area contributed by atoms with Crippen molar-refractivity contribution < 1.29 is 0 Å². The van der Waals surface area contributed by atoms with Crippen LogP contribution in [0.3, 0.4) is 0 Å². The predicted octanol–water partition coefficient (Wildman–Crippen LogP) is 8.02.